The van der Waals surface area contributed by atoms with Crippen molar-refractivity contribution in [2.75, 3.05) is 37.3 Å². The largest absolute Gasteiger partial charge is 0.396 e. The zero-order chi connectivity index (χ0) is 12.4. The molecule has 0 saturated carbocycles. The third kappa shape index (κ3) is 2.42. The molecule has 1 aromatic heterocycles. The smallest absolute Gasteiger partial charge is 0.149 e. The minimum Gasteiger partial charge on any atom is -0.396 e. The Balaban J connectivity index is 1.53. The fraction of sp³-hybridized carbons (Fsp3) is 0.615. The van der Waals surface area contributed by atoms with Crippen LogP contribution >= 0.6 is 0 Å². The number of nitrogen functional groups attached to an aromatic ring is 1. The van der Waals surface area contributed by atoms with Crippen LogP contribution in [-0.4, -0.2) is 48.3 Å². The third-order valence-electron chi connectivity index (χ3n) is 3.80. The summed E-state index contributed by atoms with van der Waals surface area (Å²) in [6.07, 6.45) is 4.58. The molecule has 5 heteroatoms. The molecule has 3 heterocycles. The average molecular weight is 248 g/mol. The Kier molecular flexibility index (Phi) is 3.34. The van der Waals surface area contributed by atoms with Gasteiger partial charge in [-0.2, -0.15) is 0 Å². The number of anilines is 2. The molecule has 2 aliphatic heterocycles. The number of aromatic nitrogens is 1. The zero-order valence-corrected chi connectivity index (χ0v) is 10.5. The number of hydrogen-bond donors (Lipinski definition) is 2. The van der Waals surface area contributed by atoms with Crippen molar-refractivity contribution in [3.8, 4) is 0 Å². The first-order chi connectivity index (χ1) is 8.83. The highest BCUT2D eigenvalue weighted by molar-refractivity contribution is 5.60. The first kappa shape index (κ1) is 11.7. The molecule has 1 aromatic rings. The van der Waals surface area contributed by atoms with Gasteiger partial charge in [-0.3, -0.25) is 4.90 Å². The van der Waals surface area contributed by atoms with E-state index in [1.54, 1.807) is 6.20 Å². The quantitative estimate of drug-likeness (QED) is 0.833. The van der Waals surface area contributed by atoms with E-state index < -0.39 is 0 Å². The second kappa shape index (κ2) is 5.12. The summed E-state index contributed by atoms with van der Waals surface area (Å²) in [6, 6.07) is 4.35. The van der Waals surface area contributed by atoms with Gasteiger partial charge in [-0.15, -0.1) is 0 Å². The molecule has 0 amide bonds. The Morgan fingerprint density at radius 1 is 1.56 bits per heavy atom. The second-order valence-corrected chi connectivity index (χ2v) is 5.07. The van der Waals surface area contributed by atoms with E-state index in [0.29, 0.717) is 11.7 Å². The number of nitrogens with one attached hydrogen (secondary N) is 1. The number of rotatable bonds is 3. The van der Waals surface area contributed by atoms with Crippen molar-refractivity contribution in [1.82, 2.24) is 9.88 Å². The van der Waals surface area contributed by atoms with Crippen molar-refractivity contribution in [3.05, 3.63) is 18.3 Å². The summed E-state index contributed by atoms with van der Waals surface area (Å²) in [5, 5.41) is 3.27. The zero-order valence-electron chi connectivity index (χ0n) is 10.5. The molecule has 2 saturated heterocycles. The van der Waals surface area contributed by atoms with Crippen molar-refractivity contribution >= 4 is 11.5 Å². The summed E-state index contributed by atoms with van der Waals surface area (Å²) < 4.78 is 5.88. The lowest BCUT2D eigenvalue weighted by Gasteiger charge is -2.35. The Morgan fingerprint density at radius 3 is 3.39 bits per heavy atom. The summed E-state index contributed by atoms with van der Waals surface area (Å²) in [7, 11) is 0. The second-order valence-electron chi connectivity index (χ2n) is 5.07. The summed E-state index contributed by atoms with van der Waals surface area (Å²) in [6.45, 7) is 3.87. The van der Waals surface area contributed by atoms with E-state index in [1.807, 2.05) is 12.1 Å². The van der Waals surface area contributed by atoms with Crippen LogP contribution in [0.15, 0.2) is 18.3 Å². The molecule has 2 unspecified atom stereocenters. The molecule has 0 spiro atoms. The SMILES string of the molecule is Nc1cccnc1NCC1CN2CCCC2CO1. The molecule has 0 bridgehead atoms. The summed E-state index contributed by atoms with van der Waals surface area (Å²) in [4.78, 5) is 6.76. The van der Waals surface area contributed by atoms with Gasteiger partial charge in [0.25, 0.3) is 0 Å². The molecule has 3 N–H and O–H groups in total. The van der Waals surface area contributed by atoms with E-state index in [9.17, 15) is 0 Å². The minimum atomic E-state index is 0.237. The van der Waals surface area contributed by atoms with Crippen LogP contribution in [0.4, 0.5) is 11.5 Å². The number of ether oxygens (including phenoxy) is 1. The van der Waals surface area contributed by atoms with E-state index in [0.717, 1.165) is 25.5 Å². The highest BCUT2D eigenvalue weighted by atomic mass is 16.5. The Hall–Kier alpha value is -1.33. The maximum absolute atomic E-state index is 5.88. The fourth-order valence-electron chi connectivity index (χ4n) is 2.79. The van der Waals surface area contributed by atoms with Crippen LogP contribution in [0.5, 0.6) is 0 Å². The predicted octanol–water partition coefficient (Wildman–Crippen LogP) is 0.939. The molecule has 3 rings (SSSR count). The lowest BCUT2D eigenvalue weighted by atomic mass is 10.2. The fourth-order valence-corrected chi connectivity index (χ4v) is 2.79. The standard InChI is InChI=1S/C13H20N4O/c14-12-4-1-5-15-13(12)16-7-11-8-17-6-2-3-10(17)9-18-11/h1,4-5,10-11H,2-3,6-9,14H2,(H,15,16). The topological polar surface area (TPSA) is 63.4 Å². The number of nitrogens with two attached hydrogens (primary N) is 1. The van der Waals surface area contributed by atoms with Gasteiger partial charge in [0.2, 0.25) is 0 Å². The van der Waals surface area contributed by atoms with Gasteiger partial charge in [0.1, 0.15) is 5.82 Å². The molecule has 2 fully saturated rings. The molecule has 2 atom stereocenters. The van der Waals surface area contributed by atoms with Crippen LogP contribution in [0.3, 0.4) is 0 Å². The third-order valence-corrected chi connectivity index (χ3v) is 3.80. The highest BCUT2D eigenvalue weighted by Gasteiger charge is 2.31. The first-order valence-corrected chi connectivity index (χ1v) is 6.63. The van der Waals surface area contributed by atoms with Gasteiger partial charge in [0, 0.05) is 25.3 Å². The lowest BCUT2D eigenvalue weighted by Crippen LogP contribution is -2.48. The van der Waals surface area contributed by atoms with Gasteiger partial charge in [-0.25, -0.2) is 4.98 Å². The van der Waals surface area contributed by atoms with Crippen LogP contribution in [0.2, 0.25) is 0 Å². The maximum Gasteiger partial charge on any atom is 0.149 e. The summed E-state index contributed by atoms with van der Waals surface area (Å²) in [5.41, 5.74) is 6.53. The van der Waals surface area contributed by atoms with Crippen LogP contribution in [0.1, 0.15) is 12.8 Å². The number of nitrogens with zero attached hydrogens (tertiary/aromatic N) is 2. The van der Waals surface area contributed by atoms with Gasteiger partial charge in [-0.1, -0.05) is 0 Å². The predicted molar refractivity (Wildman–Crippen MR) is 71.5 cm³/mol. The maximum atomic E-state index is 5.88. The highest BCUT2D eigenvalue weighted by Crippen LogP contribution is 2.23. The molecule has 18 heavy (non-hydrogen) atoms. The van der Waals surface area contributed by atoms with E-state index >= 15 is 0 Å². The number of fused-ring (bicyclic) bond motifs is 1. The van der Waals surface area contributed by atoms with Gasteiger partial charge in [-0.05, 0) is 31.5 Å². The van der Waals surface area contributed by atoms with E-state index in [-0.39, 0.29) is 6.10 Å². The van der Waals surface area contributed by atoms with E-state index in [2.05, 4.69) is 15.2 Å². The van der Waals surface area contributed by atoms with E-state index in [4.69, 9.17) is 10.5 Å². The molecule has 0 aromatic carbocycles. The van der Waals surface area contributed by atoms with Crippen molar-refractivity contribution in [3.63, 3.8) is 0 Å². The number of pyridine rings is 1. The van der Waals surface area contributed by atoms with Crippen molar-refractivity contribution < 1.29 is 4.74 Å². The van der Waals surface area contributed by atoms with Crippen LogP contribution < -0.4 is 11.1 Å². The van der Waals surface area contributed by atoms with Crippen molar-refractivity contribution in [2.24, 2.45) is 0 Å². The monoisotopic (exact) mass is 248 g/mol. The first-order valence-electron chi connectivity index (χ1n) is 6.63. The molecule has 0 aliphatic carbocycles. The average Bonchev–Trinajstić information content (AvgIpc) is 2.85. The molecule has 2 aliphatic rings. The normalized spacial score (nSPS) is 28.0. The number of hydrogen-bond acceptors (Lipinski definition) is 5. The van der Waals surface area contributed by atoms with Crippen LogP contribution in [0, 0.1) is 0 Å². The molecular formula is C13H20N4O. The summed E-state index contributed by atoms with van der Waals surface area (Å²) in [5.74, 6) is 0.754. The summed E-state index contributed by atoms with van der Waals surface area (Å²) >= 11 is 0. The number of morpholine rings is 1. The molecular weight excluding hydrogens is 228 g/mol. The minimum absolute atomic E-state index is 0.237. The lowest BCUT2D eigenvalue weighted by molar-refractivity contribution is -0.0415. The van der Waals surface area contributed by atoms with E-state index in [1.165, 1.54) is 19.4 Å². The van der Waals surface area contributed by atoms with Gasteiger partial charge < -0.3 is 15.8 Å². The van der Waals surface area contributed by atoms with Crippen molar-refractivity contribution in [1.29, 1.82) is 0 Å². The van der Waals surface area contributed by atoms with Crippen molar-refractivity contribution in [2.45, 2.75) is 25.0 Å². The Labute approximate surface area is 107 Å². The Bertz CT molecular complexity index is 412. The Morgan fingerprint density at radius 2 is 2.50 bits per heavy atom. The van der Waals surface area contributed by atoms with Crippen LogP contribution in [0.25, 0.3) is 0 Å². The van der Waals surface area contributed by atoms with Gasteiger partial charge in [0.05, 0.1) is 18.4 Å². The van der Waals surface area contributed by atoms with Gasteiger partial charge in [0.15, 0.2) is 0 Å². The molecule has 98 valence electrons. The molecule has 0 radical (unpaired) electrons. The molecule has 5 nitrogen and oxygen atoms in total. The van der Waals surface area contributed by atoms with Gasteiger partial charge >= 0.3 is 0 Å². The van der Waals surface area contributed by atoms with Crippen LogP contribution in [-0.2, 0) is 4.74 Å².